The van der Waals surface area contributed by atoms with Crippen LogP contribution in [0, 0.1) is 11.3 Å². The van der Waals surface area contributed by atoms with Crippen molar-refractivity contribution >= 4 is 18.3 Å². The Morgan fingerprint density at radius 1 is 1.44 bits per heavy atom. The Bertz CT molecular complexity index is 255. The molecular formula is C14H27ClN2O. The van der Waals surface area contributed by atoms with Crippen molar-refractivity contribution in [1.29, 1.82) is 0 Å². The number of rotatable bonds is 6. The quantitative estimate of drug-likeness (QED) is 0.781. The molecule has 1 atom stereocenters. The van der Waals surface area contributed by atoms with Crippen molar-refractivity contribution in [3.05, 3.63) is 0 Å². The molecule has 2 rings (SSSR count). The van der Waals surface area contributed by atoms with Gasteiger partial charge in [-0.3, -0.25) is 4.79 Å². The van der Waals surface area contributed by atoms with Crippen LogP contribution in [0.25, 0.3) is 0 Å². The molecule has 3 nitrogen and oxygen atoms in total. The summed E-state index contributed by atoms with van der Waals surface area (Å²) in [4.78, 5) is 11.8. The van der Waals surface area contributed by atoms with E-state index in [-0.39, 0.29) is 18.3 Å². The van der Waals surface area contributed by atoms with Crippen LogP contribution in [0.3, 0.4) is 0 Å². The SMILES string of the molecule is CCC1(CNC(=O)CCC2CCNC2)CCC1.Cl. The molecule has 2 fully saturated rings. The van der Waals surface area contributed by atoms with Gasteiger partial charge in [-0.25, -0.2) is 0 Å². The number of carbonyl (C=O) groups is 1. The number of hydrogen-bond acceptors (Lipinski definition) is 2. The number of carbonyl (C=O) groups excluding carboxylic acids is 1. The van der Waals surface area contributed by atoms with E-state index in [9.17, 15) is 4.79 Å². The molecule has 106 valence electrons. The van der Waals surface area contributed by atoms with E-state index >= 15 is 0 Å². The lowest BCUT2D eigenvalue weighted by molar-refractivity contribution is -0.122. The van der Waals surface area contributed by atoms with Gasteiger partial charge in [-0.2, -0.15) is 0 Å². The first-order valence-corrected chi connectivity index (χ1v) is 7.21. The van der Waals surface area contributed by atoms with Gasteiger partial charge in [0.1, 0.15) is 0 Å². The van der Waals surface area contributed by atoms with Crippen LogP contribution in [-0.4, -0.2) is 25.5 Å². The Labute approximate surface area is 117 Å². The van der Waals surface area contributed by atoms with Crippen LogP contribution in [0.15, 0.2) is 0 Å². The lowest BCUT2D eigenvalue weighted by atomic mass is 9.67. The van der Waals surface area contributed by atoms with E-state index in [1.54, 1.807) is 0 Å². The highest BCUT2D eigenvalue weighted by Gasteiger charge is 2.35. The molecule has 4 heteroatoms. The highest BCUT2D eigenvalue weighted by Crippen LogP contribution is 2.43. The molecule has 1 unspecified atom stereocenters. The predicted octanol–water partition coefficient (Wildman–Crippen LogP) is 2.49. The van der Waals surface area contributed by atoms with Gasteiger partial charge >= 0.3 is 0 Å². The van der Waals surface area contributed by atoms with Gasteiger partial charge in [0, 0.05) is 13.0 Å². The van der Waals surface area contributed by atoms with E-state index in [1.165, 1.54) is 32.1 Å². The second-order valence-electron chi connectivity index (χ2n) is 5.88. The third kappa shape index (κ3) is 4.13. The fourth-order valence-corrected chi connectivity index (χ4v) is 3.00. The van der Waals surface area contributed by atoms with E-state index in [0.29, 0.717) is 11.8 Å². The molecule has 1 aliphatic carbocycles. The van der Waals surface area contributed by atoms with E-state index in [0.717, 1.165) is 32.0 Å². The van der Waals surface area contributed by atoms with Crippen LogP contribution in [0.5, 0.6) is 0 Å². The lowest BCUT2D eigenvalue weighted by Crippen LogP contribution is -2.41. The molecule has 0 aromatic carbocycles. The van der Waals surface area contributed by atoms with Gasteiger partial charge in [0.15, 0.2) is 0 Å². The van der Waals surface area contributed by atoms with Crippen molar-refractivity contribution in [2.45, 2.75) is 51.9 Å². The summed E-state index contributed by atoms with van der Waals surface area (Å²) in [6.07, 6.45) is 8.17. The third-order valence-corrected chi connectivity index (χ3v) is 4.77. The summed E-state index contributed by atoms with van der Waals surface area (Å²) in [6.45, 7) is 5.39. The molecule has 2 N–H and O–H groups in total. The van der Waals surface area contributed by atoms with Crippen LogP contribution in [0.2, 0.25) is 0 Å². The van der Waals surface area contributed by atoms with Gasteiger partial charge in [0.2, 0.25) is 5.91 Å². The van der Waals surface area contributed by atoms with Gasteiger partial charge in [0.25, 0.3) is 0 Å². The fraction of sp³-hybridized carbons (Fsp3) is 0.929. The Kier molecular flexibility index (Phi) is 6.44. The lowest BCUT2D eigenvalue weighted by Gasteiger charge is -2.41. The maximum absolute atomic E-state index is 11.8. The second-order valence-corrected chi connectivity index (χ2v) is 5.88. The number of halogens is 1. The maximum Gasteiger partial charge on any atom is 0.220 e. The first-order chi connectivity index (χ1) is 8.24. The zero-order valence-corrected chi connectivity index (χ0v) is 12.3. The summed E-state index contributed by atoms with van der Waals surface area (Å²) >= 11 is 0. The molecule has 1 heterocycles. The summed E-state index contributed by atoms with van der Waals surface area (Å²) in [5, 5.41) is 6.49. The van der Waals surface area contributed by atoms with Gasteiger partial charge < -0.3 is 10.6 Å². The monoisotopic (exact) mass is 274 g/mol. The molecule has 0 radical (unpaired) electrons. The van der Waals surface area contributed by atoms with E-state index in [1.807, 2.05) is 0 Å². The first-order valence-electron chi connectivity index (χ1n) is 7.21. The Morgan fingerprint density at radius 2 is 2.22 bits per heavy atom. The second kappa shape index (κ2) is 7.34. The number of nitrogens with one attached hydrogen (secondary N) is 2. The van der Waals surface area contributed by atoms with Crippen LogP contribution in [0.4, 0.5) is 0 Å². The smallest absolute Gasteiger partial charge is 0.220 e. The van der Waals surface area contributed by atoms with Crippen LogP contribution < -0.4 is 10.6 Å². The molecule has 2 aliphatic rings. The Balaban J connectivity index is 0.00000162. The highest BCUT2D eigenvalue weighted by atomic mass is 35.5. The average molecular weight is 275 g/mol. The molecule has 0 aromatic rings. The largest absolute Gasteiger partial charge is 0.356 e. The van der Waals surface area contributed by atoms with Crippen molar-refractivity contribution in [2.24, 2.45) is 11.3 Å². The number of amides is 1. The summed E-state index contributed by atoms with van der Waals surface area (Å²) in [5.74, 6) is 0.987. The summed E-state index contributed by atoms with van der Waals surface area (Å²) in [5.41, 5.74) is 0.449. The average Bonchev–Trinajstić information content (AvgIpc) is 2.78. The van der Waals surface area contributed by atoms with Crippen molar-refractivity contribution < 1.29 is 4.79 Å². The van der Waals surface area contributed by atoms with Crippen LogP contribution >= 0.6 is 12.4 Å². The van der Waals surface area contributed by atoms with E-state index in [4.69, 9.17) is 0 Å². The predicted molar refractivity (Wildman–Crippen MR) is 77.0 cm³/mol. The summed E-state index contributed by atoms with van der Waals surface area (Å²) in [7, 11) is 0. The molecule has 0 bridgehead atoms. The Hall–Kier alpha value is -0.280. The van der Waals surface area contributed by atoms with Gasteiger partial charge in [-0.1, -0.05) is 13.3 Å². The topological polar surface area (TPSA) is 41.1 Å². The molecule has 1 aliphatic heterocycles. The minimum atomic E-state index is 0. The standard InChI is InChI=1S/C14H26N2O.ClH/c1-2-14(7-3-8-14)11-16-13(17)5-4-12-6-9-15-10-12;/h12,15H,2-11H2,1H3,(H,16,17);1H. The molecule has 18 heavy (non-hydrogen) atoms. The minimum Gasteiger partial charge on any atom is -0.356 e. The minimum absolute atomic E-state index is 0. The maximum atomic E-state index is 11.8. The molecule has 1 saturated heterocycles. The molecule has 1 saturated carbocycles. The normalized spacial score (nSPS) is 25.1. The summed E-state index contributed by atoms with van der Waals surface area (Å²) in [6, 6.07) is 0. The Morgan fingerprint density at radius 3 is 2.72 bits per heavy atom. The molecule has 1 amide bonds. The first kappa shape index (κ1) is 15.8. The van der Waals surface area contributed by atoms with Crippen LogP contribution in [0.1, 0.15) is 51.9 Å². The third-order valence-electron chi connectivity index (χ3n) is 4.77. The highest BCUT2D eigenvalue weighted by molar-refractivity contribution is 5.85. The van der Waals surface area contributed by atoms with Crippen molar-refractivity contribution in [3.63, 3.8) is 0 Å². The van der Waals surface area contributed by atoms with Gasteiger partial charge in [-0.15, -0.1) is 12.4 Å². The van der Waals surface area contributed by atoms with E-state index < -0.39 is 0 Å². The van der Waals surface area contributed by atoms with E-state index in [2.05, 4.69) is 17.6 Å². The van der Waals surface area contributed by atoms with Gasteiger partial charge in [-0.05, 0) is 56.5 Å². The zero-order chi connectivity index (χ0) is 12.1. The molecule has 0 spiro atoms. The van der Waals surface area contributed by atoms with Crippen molar-refractivity contribution in [1.82, 2.24) is 10.6 Å². The van der Waals surface area contributed by atoms with Crippen molar-refractivity contribution in [3.8, 4) is 0 Å². The fourth-order valence-electron chi connectivity index (χ4n) is 3.00. The van der Waals surface area contributed by atoms with Gasteiger partial charge in [0.05, 0.1) is 0 Å². The zero-order valence-electron chi connectivity index (χ0n) is 11.5. The summed E-state index contributed by atoms with van der Waals surface area (Å²) < 4.78 is 0. The van der Waals surface area contributed by atoms with Crippen molar-refractivity contribution in [2.75, 3.05) is 19.6 Å². The molecule has 0 aromatic heterocycles. The van der Waals surface area contributed by atoms with Crippen LogP contribution in [-0.2, 0) is 4.79 Å². The molecular weight excluding hydrogens is 248 g/mol. The number of hydrogen-bond donors (Lipinski definition) is 2.